The van der Waals surface area contributed by atoms with Crippen LogP contribution in [0.4, 0.5) is 9.80 Å². The number of carbonyl (C=O) groups is 2. The van der Waals surface area contributed by atoms with Gasteiger partial charge in [-0.1, -0.05) is 11.6 Å². The Balaban J connectivity index is 1.82. The van der Waals surface area contributed by atoms with Gasteiger partial charge in [0.25, 0.3) is 5.91 Å². The number of nitrogens with two attached hydrogens (primary N) is 2. The van der Waals surface area contributed by atoms with Gasteiger partial charge in [0.2, 0.25) is 0 Å². The normalized spacial score (nSPS) is 10.6. The van der Waals surface area contributed by atoms with E-state index in [1.807, 2.05) is 36.4 Å². The van der Waals surface area contributed by atoms with E-state index in [1.165, 1.54) is 22.7 Å². The highest BCUT2D eigenvalue weighted by Gasteiger charge is 2.21. The molecule has 0 unspecified atom stereocenters. The molecule has 27 heavy (non-hydrogen) atoms. The first-order valence-corrected chi connectivity index (χ1v) is 9.83. The number of rotatable bonds is 6. The molecule has 0 saturated heterocycles. The lowest BCUT2D eigenvalue weighted by Crippen LogP contribution is -2.21. The van der Waals surface area contributed by atoms with Crippen molar-refractivity contribution in [1.82, 2.24) is 0 Å². The largest absolute Gasteiger partial charge is 0.488 e. The number of nitrogens with one attached hydrogen (secondary N) is 1. The van der Waals surface area contributed by atoms with Gasteiger partial charge in [0.05, 0.1) is 9.90 Å². The maximum Gasteiger partial charge on any atom is 0.317 e. The Morgan fingerprint density at radius 2 is 1.81 bits per heavy atom. The summed E-state index contributed by atoms with van der Waals surface area (Å²) in [5, 5.41) is 2.80. The number of primary amides is 2. The topological polar surface area (TPSA) is 107 Å². The van der Waals surface area contributed by atoms with Crippen LogP contribution >= 0.6 is 34.3 Å². The van der Waals surface area contributed by atoms with E-state index in [4.69, 9.17) is 27.8 Å². The van der Waals surface area contributed by atoms with Gasteiger partial charge < -0.3 is 16.2 Å². The number of anilines is 1. The van der Waals surface area contributed by atoms with Crippen molar-refractivity contribution in [2.24, 2.45) is 11.5 Å². The van der Waals surface area contributed by atoms with Gasteiger partial charge >= 0.3 is 6.03 Å². The fourth-order valence-electron chi connectivity index (χ4n) is 2.57. The molecule has 0 aliphatic rings. The molecule has 0 atom stereocenters. The van der Waals surface area contributed by atoms with E-state index in [1.54, 1.807) is 6.92 Å². The zero-order chi connectivity index (χ0) is 19.6. The van der Waals surface area contributed by atoms with E-state index in [0.29, 0.717) is 22.9 Å². The lowest BCUT2D eigenvalue weighted by atomic mass is 10.1. The molecular formula is C18H16ClN3O3S2. The molecule has 0 aliphatic carbocycles. The molecule has 0 radical (unpaired) electrons. The first kappa shape index (κ1) is 19.2. The van der Waals surface area contributed by atoms with Crippen LogP contribution in [-0.2, 0) is 6.61 Å². The summed E-state index contributed by atoms with van der Waals surface area (Å²) in [6.07, 6.45) is 0. The van der Waals surface area contributed by atoms with Gasteiger partial charge in [-0.2, -0.15) is 0 Å². The number of ether oxygens (including phenoxy) is 1. The van der Waals surface area contributed by atoms with Gasteiger partial charge in [-0.15, -0.1) is 22.7 Å². The Morgan fingerprint density at radius 3 is 2.37 bits per heavy atom. The van der Waals surface area contributed by atoms with Gasteiger partial charge in [-0.3, -0.25) is 10.1 Å². The lowest BCUT2D eigenvalue weighted by molar-refractivity contribution is 0.100. The second-order valence-corrected chi connectivity index (χ2v) is 8.45. The zero-order valence-corrected chi connectivity index (χ0v) is 16.6. The molecule has 0 spiro atoms. The molecule has 3 aromatic rings. The molecule has 0 fully saturated rings. The van der Waals surface area contributed by atoms with Crippen LogP contribution in [-0.4, -0.2) is 11.9 Å². The molecule has 3 amide bonds. The predicted molar refractivity (Wildman–Crippen MR) is 110 cm³/mol. The molecule has 0 saturated carbocycles. The summed E-state index contributed by atoms with van der Waals surface area (Å²) in [6, 6.07) is 10.5. The third kappa shape index (κ3) is 4.41. The monoisotopic (exact) mass is 421 g/mol. The summed E-state index contributed by atoms with van der Waals surface area (Å²) >= 11 is 8.63. The number of thiophene rings is 2. The number of carbonyl (C=O) groups excluding carboxylic acids is 2. The van der Waals surface area contributed by atoms with Gasteiger partial charge in [-0.05, 0) is 54.4 Å². The average molecular weight is 422 g/mol. The second-order valence-electron chi connectivity index (χ2n) is 5.63. The zero-order valence-electron chi connectivity index (χ0n) is 14.2. The lowest BCUT2D eigenvalue weighted by Gasteiger charge is -2.06. The number of halogens is 1. The Kier molecular flexibility index (Phi) is 5.69. The number of hydrogen-bond donors (Lipinski definition) is 3. The molecule has 9 heteroatoms. The van der Waals surface area contributed by atoms with Crippen LogP contribution in [0.1, 0.15) is 20.8 Å². The highest BCUT2D eigenvalue weighted by atomic mass is 35.5. The summed E-state index contributed by atoms with van der Waals surface area (Å²) in [6.45, 7) is 2.22. The van der Waals surface area contributed by atoms with Crippen LogP contribution in [0.5, 0.6) is 5.75 Å². The number of benzene rings is 1. The van der Waals surface area contributed by atoms with Gasteiger partial charge in [0.1, 0.15) is 17.4 Å². The van der Waals surface area contributed by atoms with Gasteiger partial charge in [0.15, 0.2) is 0 Å². The minimum atomic E-state index is -0.747. The highest BCUT2D eigenvalue weighted by Crippen LogP contribution is 2.40. The molecule has 2 heterocycles. The van der Waals surface area contributed by atoms with Crippen molar-refractivity contribution in [3.05, 3.63) is 56.7 Å². The fourth-order valence-corrected chi connectivity index (χ4v) is 4.79. The van der Waals surface area contributed by atoms with E-state index in [9.17, 15) is 9.59 Å². The third-order valence-electron chi connectivity index (χ3n) is 3.76. The smallest absolute Gasteiger partial charge is 0.317 e. The molecule has 2 aromatic heterocycles. The summed E-state index contributed by atoms with van der Waals surface area (Å²) < 4.78 is 6.48. The first-order valence-electron chi connectivity index (χ1n) is 7.82. The molecule has 1 aromatic carbocycles. The van der Waals surface area contributed by atoms with Crippen LogP contribution in [0.2, 0.25) is 4.34 Å². The van der Waals surface area contributed by atoms with Crippen molar-refractivity contribution in [3.63, 3.8) is 0 Å². The number of amides is 3. The van der Waals surface area contributed by atoms with Crippen molar-refractivity contribution in [2.45, 2.75) is 13.5 Å². The average Bonchev–Trinajstić information content (AvgIpc) is 3.16. The van der Waals surface area contributed by atoms with Crippen LogP contribution < -0.4 is 21.5 Å². The molecule has 140 valence electrons. The Labute approximate surface area is 168 Å². The second kappa shape index (κ2) is 7.99. The quantitative estimate of drug-likeness (QED) is 0.540. The van der Waals surface area contributed by atoms with E-state index >= 15 is 0 Å². The minimum absolute atomic E-state index is 0.267. The van der Waals surface area contributed by atoms with Crippen molar-refractivity contribution in [3.8, 4) is 16.2 Å². The number of hydrogen-bond acceptors (Lipinski definition) is 5. The van der Waals surface area contributed by atoms with Crippen LogP contribution in [0.3, 0.4) is 0 Å². The van der Waals surface area contributed by atoms with Crippen LogP contribution in [0.15, 0.2) is 36.4 Å². The van der Waals surface area contributed by atoms with Crippen molar-refractivity contribution in [2.75, 3.05) is 5.32 Å². The Hall–Kier alpha value is -2.55. The molecule has 3 rings (SSSR count). The molecule has 0 aliphatic heterocycles. The standard InChI is InChI=1S/C18H16ClN3O3S2/c1-9-14(16(20)23)17(22-18(21)24)27-15(9)10-2-4-11(5-3-10)25-8-12-6-7-13(19)26-12/h2-7H,8H2,1H3,(H2,20,23)(H3,21,22,24). The maximum absolute atomic E-state index is 11.8. The Bertz CT molecular complexity index is 996. The minimum Gasteiger partial charge on any atom is -0.488 e. The molecular weight excluding hydrogens is 406 g/mol. The third-order valence-corrected chi connectivity index (χ3v) is 6.22. The van der Waals surface area contributed by atoms with E-state index in [2.05, 4.69) is 5.32 Å². The summed E-state index contributed by atoms with van der Waals surface area (Å²) in [5.41, 5.74) is 12.5. The summed E-state index contributed by atoms with van der Waals surface area (Å²) in [7, 11) is 0. The van der Waals surface area contributed by atoms with Crippen molar-refractivity contribution < 1.29 is 14.3 Å². The van der Waals surface area contributed by atoms with Gasteiger partial charge in [-0.25, -0.2) is 4.79 Å². The Morgan fingerprint density at radius 1 is 1.11 bits per heavy atom. The fraction of sp³-hybridized carbons (Fsp3) is 0.111. The predicted octanol–water partition coefficient (Wildman–Crippen LogP) is 4.61. The van der Waals surface area contributed by atoms with Gasteiger partial charge in [0, 0.05) is 9.75 Å². The first-order chi connectivity index (χ1) is 12.8. The maximum atomic E-state index is 11.8. The van der Waals surface area contributed by atoms with Crippen LogP contribution in [0, 0.1) is 6.92 Å². The van der Waals surface area contributed by atoms with Crippen molar-refractivity contribution >= 4 is 51.2 Å². The molecule has 0 bridgehead atoms. The highest BCUT2D eigenvalue weighted by molar-refractivity contribution is 7.20. The van der Waals surface area contributed by atoms with E-state index in [0.717, 1.165) is 19.7 Å². The molecule has 5 N–H and O–H groups in total. The summed E-state index contributed by atoms with van der Waals surface area (Å²) in [4.78, 5) is 24.8. The summed E-state index contributed by atoms with van der Waals surface area (Å²) in [5.74, 6) is 0.0939. The molecule has 6 nitrogen and oxygen atoms in total. The SMILES string of the molecule is Cc1c(-c2ccc(OCc3ccc(Cl)s3)cc2)sc(NC(N)=O)c1C(N)=O. The van der Waals surface area contributed by atoms with Crippen molar-refractivity contribution in [1.29, 1.82) is 0 Å². The van der Waals surface area contributed by atoms with E-state index < -0.39 is 11.9 Å². The van der Waals surface area contributed by atoms with Crippen LogP contribution in [0.25, 0.3) is 10.4 Å². The van der Waals surface area contributed by atoms with E-state index in [-0.39, 0.29) is 5.56 Å². The number of urea groups is 1.